The summed E-state index contributed by atoms with van der Waals surface area (Å²) in [7, 11) is 0. The van der Waals surface area contributed by atoms with Crippen LogP contribution in [0.4, 0.5) is 10.5 Å². The van der Waals surface area contributed by atoms with Gasteiger partial charge < -0.3 is 14.6 Å². The van der Waals surface area contributed by atoms with E-state index in [-0.39, 0.29) is 6.03 Å². The summed E-state index contributed by atoms with van der Waals surface area (Å²) in [5, 5.41) is 11.0. The molecule has 6 heteroatoms. The molecule has 3 heterocycles. The number of fused-ring (bicyclic) bond motifs is 1. The largest absolute Gasteiger partial charge is 0.472 e. The summed E-state index contributed by atoms with van der Waals surface area (Å²) in [4.78, 5) is 14.2. The summed E-state index contributed by atoms with van der Waals surface area (Å²) in [6, 6.07) is 5.82. The van der Waals surface area contributed by atoms with Gasteiger partial charge in [0.05, 0.1) is 29.9 Å². The van der Waals surface area contributed by atoms with E-state index in [1.807, 2.05) is 30.0 Å². The molecule has 0 saturated carbocycles. The van der Waals surface area contributed by atoms with E-state index in [2.05, 4.69) is 15.5 Å². The molecule has 118 valence electrons. The van der Waals surface area contributed by atoms with Crippen molar-refractivity contribution in [3.05, 3.63) is 48.0 Å². The van der Waals surface area contributed by atoms with Gasteiger partial charge in [-0.1, -0.05) is 6.07 Å². The summed E-state index contributed by atoms with van der Waals surface area (Å²) in [5.41, 5.74) is 3.96. The zero-order valence-electron chi connectivity index (χ0n) is 12.9. The van der Waals surface area contributed by atoms with Crippen molar-refractivity contribution in [2.45, 2.75) is 13.3 Å². The highest BCUT2D eigenvalue weighted by molar-refractivity contribution is 6.00. The quantitative estimate of drug-likeness (QED) is 0.780. The molecule has 1 aliphatic heterocycles. The summed E-state index contributed by atoms with van der Waals surface area (Å²) in [6.07, 6.45) is 6.19. The van der Waals surface area contributed by atoms with Crippen LogP contribution in [-0.4, -0.2) is 34.2 Å². The number of carbonyl (C=O) groups excluding carboxylic acids is 1. The number of nitrogens with one attached hydrogen (secondary N) is 2. The lowest BCUT2D eigenvalue weighted by Gasteiger charge is -2.39. The average Bonchev–Trinajstić information content (AvgIpc) is 3.16. The van der Waals surface area contributed by atoms with Crippen LogP contribution < -0.4 is 5.32 Å². The first-order valence-corrected chi connectivity index (χ1v) is 7.70. The average molecular weight is 310 g/mol. The van der Waals surface area contributed by atoms with Crippen LogP contribution in [0.2, 0.25) is 0 Å². The second-order valence-corrected chi connectivity index (χ2v) is 6.13. The van der Waals surface area contributed by atoms with Gasteiger partial charge in [-0.25, -0.2) is 4.79 Å². The summed E-state index contributed by atoms with van der Waals surface area (Å²) in [5.74, 6) is 0.503. The summed E-state index contributed by atoms with van der Waals surface area (Å²) < 4.78 is 5.08. The predicted octanol–water partition coefficient (Wildman–Crippen LogP) is 3.17. The molecule has 2 aromatic heterocycles. The van der Waals surface area contributed by atoms with Gasteiger partial charge in [0.15, 0.2) is 0 Å². The highest BCUT2D eigenvalue weighted by Gasteiger charge is 2.31. The van der Waals surface area contributed by atoms with Crippen molar-refractivity contribution in [2.75, 3.05) is 18.4 Å². The maximum atomic E-state index is 12.4. The number of aromatic nitrogens is 2. The van der Waals surface area contributed by atoms with E-state index in [0.29, 0.717) is 5.92 Å². The smallest absolute Gasteiger partial charge is 0.321 e. The Morgan fingerprint density at radius 3 is 3.09 bits per heavy atom. The van der Waals surface area contributed by atoms with E-state index < -0.39 is 0 Å². The fourth-order valence-electron chi connectivity index (χ4n) is 3.08. The van der Waals surface area contributed by atoms with Crippen LogP contribution >= 0.6 is 0 Å². The molecule has 0 radical (unpaired) electrons. The highest BCUT2D eigenvalue weighted by atomic mass is 16.3. The van der Waals surface area contributed by atoms with Gasteiger partial charge in [0.1, 0.15) is 0 Å². The minimum Gasteiger partial charge on any atom is -0.472 e. The number of furan rings is 1. The van der Waals surface area contributed by atoms with Crippen molar-refractivity contribution in [1.29, 1.82) is 0 Å². The molecule has 1 fully saturated rings. The van der Waals surface area contributed by atoms with Gasteiger partial charge in [-0.05, 0) is 42.5 Å². The number of aromatic amines is 1. The third kappa shape index (κ3) is 2.56. The molecule has 0 bridgehead atoms. The molecule has 2 N–H and O–H groups in total. The fourth-order valence-corrected chi connectivity index (χ4v) is 3.08. The van der Waals surface area contributed by atoms with E-state index in [9.17, 15) is 4.79 Å². The first kappa shape index (κ1) is 13.9. The molecule has 3 aromatic rings. The second kappa shape index (κ2) is 5.46. The van der Waals surface area contributed by atoms with Crippen LogP contribution in [0.1, 0.15) is 11.1 Å². The van der Waals surface area contributed by atoms with E-state index in [4.69, 9.17) is 4.42 Å². The summed E-state index contributed by atoms with van der Waals surface area (Å²) >= 11 is 0. The highest BCUT2D eigenvalue weighted by Crippen LogP contribution is 2.26. The lowest BCUT2D eigenvalue weighted by atomic mass is 9.94. The van der Waals surface area contributed by atoms with Crippen LogP contribution in [0, 0.1) is 12.8 Å². The monoisotopic (exact) mass is 310 g/mol. The second-order valence-electron chi connectivity index (χ2n) is 6.13. The Balaban J connectivity index is 1.39. The molecular weight excluding hydrogens is 292 g/mol. The number of H-pyrrole nitrogens is 1. The molecule has 1 saturated heterocycles. The van der Waals surface area contributed by atoms with E-state index in [1.54, 1.807) is 18.7 Å². The summed E-state index contributed by atoms with van der Waals surface area (Å²) in [6.45, 7) is 3.57. The minimum atomic E-state index is -0.0619. The molecule has 4 rings (SSSR count). The van der Waals surface area contributed by atoms with Crippen molar-refractivity contribution in [2.24, 2.45) is 5.92 Å². The number of nitrogens with zero attached hydrogens (tertiary/aromatic N) is 2. The Bertz CT molecular complexity index is 832. The van der Waals surface area contributed by atoms with E-state index in [0.717, 1.165) is 41.7 Å². The predicted molar refractivity (Wildman–Crippen MR) is 87.3 cm³/mol. The first-order valence-electron chi connectivity index (χ1n) is 7.70. The molecule has 0 aliphatic carbocycles. The normalized spacial score (nSPS) is 14.9. The molecule has 0 atom stereocenters. The Morgan fingerprint density at radius 1 is 1.43 bits per heavy atom. The van der Waals surface area contributed by atoms with Crippen molar-refractivity contribution in [3.8, 4) is 0 Å². The molecule has 1 aromatic carbocycles. The number of amides is 2. The Hall–Kier alpha value is -2.76. The lowest BCUT2D eigenvalue weighted by Crippen LogP contribution is -2.52. The molecule has 1 aliphatic rings. The lowest BCUT2D eigenvalue weighted by molar-refractivity contribution is 0.131. The zero-order valence-corrected chi connectivity index (χ0v) is 12.9. The van der Waals surface area contributed by atoms with Gasteiger partial charge in [0.2, 0.25) is 0 Å². The molecule has 23 heavy (non-hydrogen) atoms. The van der Waals surface area contributed by atoms with Crippen molar-refractivity contribution in [1.82, 2.24) is 15.1 Å². The number of hydrogen-bond acceptors (Lipinski definition) is 3. The van der Waals surface area contributed by atoms with Crippen LogP contribution in [0.25, 0.3) is 10.9 Å². The number of urea groups is 1. The Labute approximate surface area is 133 Å². The molecular formula is C17H18N4O2. The molecule has 0 spiro atoms. The van der Waals surface area contributed by atoms with E-state index in [1.165, 1.54) is 5.56 Å². The number of hydrogen-bond donors (Lipinski definition) is 2. The first-order chi connectivity index (χ1) is 11.2. The van der Waals surface area contributed by atoms with Crippen LogP contribution in [0.3, 0.4) is 0 Å². The van der Waals surface area contributed by atoms with Gasteiger partial charge in [0, 0.05) is 18.5 Å². The molecule has 0 unspecified atom stereocenters. The Morgan fingerprint density at radius 2 is 2.30 bits per heavy atom. The van der Waals surface area contributed by atoms with Crippen LogP contribution in [0.15, 0.2) is 41.3 Å². The standard InChI is InChI=1S/C17H18N4O2/c1-11-2-3-15(16-14(11)7-18-20-16)19-17(22)21-8-13(9-21)6-12-4-5-23-10-12/h2-5,7,10,13H,6,8-9H2,1H3,(H,18,20)(H,19,22). The third-order valence-corrected chi connectivity index (χ3v) is 4.42. The number of carbonyl (C=O) groups is 1. The van der Waals surface area contributed by atoms with Gasteiger partial charge in [-0.3, -0.25) is 5.10 Å². The zero-order chi connectivity index (χ0) is 15.8. The molecule has 6 nitrogen and oxygen atoms in total. The topological polar surface area (TPSA) is 74.2 Å². The number of aryl methyl sites for hydroxylation is 1. The Kier molecular flexibility index (Phi) is 3.29. The van der Waals surface area contributed by atoms with Crippen molar-refractivity contribution >= 4 is 22.6 Å². The number of rotatable bonds is 3. The van der Waals surface area contributed by atoms with Gasteiger partial charge in [-0.2, -0.15) is 5.10 Å². The van der Waals surface area contributed by atoms with Crippen LogP contribution in [-0.2, 0) is 6.42 Å². The van der Waals surface area contributed by atoms with Gasteiger partial charge >= 0.3 is 6.03 Å². The van der Waals surface area contributed by atoms with Crippen molar-refractivity contribution in [3.63, 3.8) is 0 Å². The number of likely N-dealkylation sites (tertiary alicyclic amines) is 1. The van der Waals surface area contributed by atoms with Gasteiger partial charge in [0.25, 0.3) is 0 Å². The SMILES string of the molecule is Cc1ccc(NC(=O)N2CC(Cc3ccoc3)C2)c2[nH]ncc12. The minimum absolute atomic E-state index is 0.0619. The van der Waals surface area contributed by atoms with Gasteiger partial charge in [-0.15, -0.1) is 0 Å². The third-order valence-electron chi connectivity index (χ3n) is 4.42. The number of benzene rings is 1. The van der Waals surface area contributed by atoms with Crippen LogP contribution in [0.5, 0.6) is 0 Å². The maximum Gasteiger partial charge on any atom is 0.321 e. The fraction of sp³-hybridized carbons (Fsp3) is 0.294. The molecule has 2 amide bonds. The maximum absolute atomic E-state index is 12.4. The van der Waals surface area contributed by atoms with Crippen molar-refractivity contribution < 1.29 is 9.21 Å². The van der Waals surface area contributed by atoms with E-state index >= 15 is 0 Å². The number of anilines is 1.